The molecular formula is C7H8N2O3S. The fourth-order valence-corrected chi connectivity index (χ4v) is 1.45. The molecule has 1 aromatic rings. The lowest BCUT2D eigenvalue weighted by molar-refractivity contribution is -0.150. The van der Waals surface area contributed by atoms with Gasteiger partial charge < -0.3 is 10.4 Å². The van der Waals surface area contributed by atoms with Gasteiger partial charge >= 0.3 is 11.9 Å². The third kappa shape index (κ3) is 2.51. The van der Waals surface area contributed by atoms with Crippen LogP contribution in [-0.2, 0) is 16.1 Å². The average molecular weight is 200 g/mol. The summed E-state index contributed by atoms with van der Waals surface area (Å²) in [7, 11) is 0. The van der Waals surface area contributed by atoms with E-state index in [0.717, 1.165) is 10.6 Å². The van der Waals surface area contributed by atoms with Crippen molar-refractivity contribution in [1.29, 1.82) is 0 Å². The molecule has 6 heteroatoms. The number of amides is 1. The predicted octanol–water partition coefficient (Wildman–Crippen LogP) is 0.152. The molecule has 2 N–H and O–H groups in total. The summed E-state index contributed by atoms with van der Waals surface area (Å²) in [6.07, 6.45) is 0. The first-order valence-electron chi connectivity index (χ1n) is 3.51. The highest BCUT2D eigenvalue weighted by molar-refractivity contribution is 7.09. The Morgan fingerprint density at radius 2 is 2.38 bits per heavy atom. The maximum absolute atomic E-state index is 10.6. The molecule has 1 rings (SSSR count). The molecule has 0 saturated heterocycles. The van der Waals surface area contributed by atoms with Crippen LogP contribution in [0.4, 0.5) is 0 Å². The highest BCUT2D eigenvalue weighted by Crippen LogP contribution is 2.10. The molecule has 0 spiro atoms. The van der Waals surface area contributed by atoms with E-state index in [1.807, 2.05) is 0 Å². The Balaban J connectivity index is 2.48. The van der Waals surface area contributed by atoms with Crippen LogP contribution in [0.2, 0.25) is 0 Å². The second-order valence-corrected chi connectivity index (χ2v) is 3.29. The van der Waals surface area contributed by atoms with Crippen LogP contribution in [0.3, 0.4) is 0 Å². The van der Waals surface area contributed by atoms with Crippen molar-refractivity contribution in [3.8, 4) is 0 Å². The van der Waals surface area contributed by atoms with Crippen LogP contribution in [0.1, 0.15) is 10.6 Å². The quantitative estimate of drug-likeness (QED) is 0.666. The van der Waals surface area contributed by atoms with E-state index in [1.165, 1.54) is 11.3 Å². The van der Waals surface area contributed by atoms with Crippen molar-refractivity contribution in [2.45, 2.75) is 13.5 Å². The minimum atomic E-state index is -1.47. The molecule has 0 bridgehead atoms. The Bertz CT molecular complexity index is 334. The van der Waals surface area contributed by atoms with Crippen molar-refractivity contribution in [1.82, 2.24) is 10.3 Å². The lowest BCUT2D eigenvalue weighted by Gasteiger charge is -1.99. The number of thiazole rings is 1. The van der Waals surface area contributed by atoms with E-state index in [-0.39, 0.29) is 6.54 Å². The monoisotopic (exact) mass is 200 g/mol. The summed E-state index contributed by atoms with van der Waals surface area (Å²) in [6, 6.07) is 0. The van der Waals surface area contributed by atoms with Gasteiger partial charge in [0.25, 0.3) is 0 Å². The Morgan fingerprint density at radius 3 is 2.85 bits per heavy atom. The molecule has 0 aliphatic heterocycles. The molecule has 0 aliphatic carbocycles. The van der Waals surface area contributed by atoms with Crippen LogP contribution < -0.4 is 5.32 Å². The first kappa shape index (κ1) is 9.66. The number of hydrogen-bond acceptors (Lipinski definition) is 4. The third-order valence-electron chi connectivity index (χ3n) is 1.45. The van der Waals surface area contributed by atoms with Gasteiger partial charge in [-0.05, 0) is 6.92 Å². The summed E-state index contributed by atoms with van der Waals surface area (Å²) in [5, 5.41) is 10.5. The summed E-state index contributed by atoms with van der Waals surface area (Å²) in [5.74, 6) is -2.46. The minimum Gasteiger partial charge on any atom is -0.474 e. The number of nitrogens with one attached hydrogen (secondary N) is 1. The molecule has 0 fully saturated rings. The molecule has 5 nitrogen and oxygen atoms in total. The predicted molar refractivity (Wildman–Crippen MR) is 46.3 cm³/mol. The highest BCUT2D eigenvalue weighted by atomic mass is 32.1. The summed E-state index contributed by atoms with van der Waals surface area (Å²) >= 11 is 1.38. The van der Waals surface area contributed by atoms with Crippen LogP contribution in [0.5, 0.6) is 0 Å². The van der Waals surface area contributed by atoms with E-state index >= 15 is 0 Å². The first-order valence-corrected chi connectivity index (χ1v) is 4.39. The van der Waals surface area contributed by atoms with Gasteiger partial charge in [0.1, 0.15) is 0 Å². The highest BCUT2D eigenvalue weighted by Gasteiger charge is 2.11. The van der Waals surface area contributed by atoms with Crippen molar-refractivity contribution in [2.24, 2.45) is 0 Å². The van der Waals surface area contributed by atoms with E-state index in [2.05, 4.69) is 10.3 Å². The summed E-state index contributed by atoms with van der Waals surface area (Å²) < 4.78 is 0. The van der Waals surface area contributed by atoms with Crippen molar-refractivity contribution in [2.75, 3.05) is 0 Å². The molecule has 1 aromatic heterocycles. The Morgan fingerprint density at radius 1 is 1.69 bits per heavy atom. The van der Waals surface area contributed by atoms with E-state index in [9.17, 15) is 9.59 Å². The number of aliphatic carboxylic acids is 1. The molecule has 0 aromatic carbocycles. The van der Waals surface area contributed by atoms with Crippen LogP contribution in [0.25, 0.3) is 0 Å². The molecule has 0 aliphatic rings. The number of carbonyl (C=O) groups is 2. The number of carboxylic acid groups (broad SMARTS) is 1. The normalized spacial score (nSPS) is 9.62. The molecule has 70 valence electrons. The number of hydrogen-bond donors (Lipinski definition) is 2. The standard InChI is InChI=1S/C7H8N2O3S/c1-4-5(13-3-9-4)2-8-6(10)7(11)12/h3H,2H2,1H3,(H,8,10)(H,11,12). The zero-order valence-corrected chi connectivity index (χ0v) is 7.72. The fraction of sp³-hybridized carbons (Fsp3) is 0.286. The van der Waals surface area contributed by atoms with Gasteiger partial charge in [0.05, 0.1) is 17.7 Å². The molecule has 0 saturated carbocycles. The summed E-state index contributed by atoms with van der Waals surface area (Å²) in [5.41, 5.74) is 2.47. The van der Waals surface area contributed by atoms with Gasteiger partial charge in [-0.1, -0.05) is 0 Å². The topological polar surface area (TPSA) is 79.3 Å². The lowest BCUT2D eigenvalue weighted by atomic mass is 10.4. The van der Waals surface area contributed by atoms with Crippen LogP contribution >= 0.6 is 11.3 Å². The van der Waals surface area contributed by atoms with E-state index in [0.29, 0.717) is 0 Å². The van der Waals surface area contributed by atoms with Crippen molar-refractivity contribution in [3.63, 3.8) is 0 Å². The Hall–Kier alpha value is -1.43. The summed E-state index contributed by atoms with van der Waals surface area (Å²) in [4.78, 5) is 25.6. The van der Waals surface area contributed by atoms with Gasteiger partial charge in [-0.15, -0.1) is 11.3 Å². The van der Waals surface area contributed by atoms with Gasteiger partial charge in [0.2, 0.25) is 0 Å². The Labute approximate surface area is 78.4 Å². The second kappa shape index (κ2) is 3.99. The van der Waals surface area contributed by atoms with Crippen LogP contribution in [0, 0.1) is 6.92 Å². The zero-order valence-electron chi connectivity index (χ0n) is 6.90. The van der Waals surface area contributed by atoms with E-state index in [4.69, 9.17) is 5.11 Å². The lowest BCUT2D eigenvalue weighted by Crippen LogP contribution is -2.29. The molecular weight excluding hydrogens is 192 g/mol. The van der Waals surface area contributed by atoms with Crippen molar-refractivity contribution < 1.29 is 14.7 Å². The summed E-state index contributed by atoms with van der Waals surface area (Å²) in [6.45, 7) is 2.03. The number of rotatable bonds is 2. The molecule has 1 amide bonds. The number of aromatic nitrogens is 1. The first-order chi connectivity index (χ1) is 6.11. The number of aryl methyl sites for hydroxylation is 1. The molecule has 1 heterocycles. The molecule has 13 heavy (non-hydrogen) atoms. The maximum Gasteiger partial charge on any atom is 0.394 e. The van der Waals surface area contributed by atoms with Crippen LogP contribution in [0.15, 0.2) is 5.51 Å². The number of nitrogens with zero attached hydrogens (tertiary/aromatic N) is 1. The van der Waals surface area contributed by atoms with E-state index < -0.39 is 11.9 Å². The van der Waals surface area contributed by atoms with Crippen LogP contribution in [-0.4, -0.2) is 22.0 Å². The van der Waals surface area contributed by atoms with Gasteiger partial charge in [-0.25, -0.2) is 9.78 Å². The average Bonchev–Trinajstić information content (AvgIpc) is 2.47. The SMILES string of the molecule is Cc1ncsc1CNC(=O)C(=O)O. The molecule has 0 atom stereocenters. The minimum absolute atomic E-state index is 0.224. The van der Waals surface area contributed by atoms with Gasteiger partial charge in [-0.2, -0.15) is 0 Å². The van der Waals surface area contributed by atoms with Crippen molar-refractivity contribution >= 4 is 23.2 Å². The van der Waals surface area contributed by atoms with Gasteiger partial charge in [0.15, 0.2) is 0 Å². The third-order valence-corrected chi connectivity index (χ3v) is 2.38. The smallest absolute Gasteiger partial charge is 0.394 e. The fourth-order valence-electron chi connectivity index (χ4n) is 0.732. The van der Waals surface area contributed by atoms with Gasteiger partial charge in [-0.3, -0.25) is 4.79 Å². The van der Waals surface area contributed by atoms with Gasteiger partial charge in [0, 0.05) is 4.88 Å². The van der Waals surface area contributed by atoms with E-state index in [1.54, 1.807) is 12.4 Å². The number of carboxylic acids is 1. The van der Waals surface area contributed by atoms with Crippen molar-refractivity contribution in [3.05, 3.63) is 16.1 Å². The zero-order chi connectivity index (χ0) is 9.84. The molecule has 0 unspecified atom stereocenters. The second-order valence-electron chi connectivity index (χ2n) is 2.35. The largest absolute Gasteiger partial charge is 0.474 e. The number of carbonyl (C=O) groups excluding carboxylic acids is 1. The Kier molecular flexibility index (Phi) is 2.97. The molecule has 0 radical (unpaired) electrons. The maximum atomic E-state index is 10.6.